The maximum absolute atomic E-state index is 11.0. The van der Waals surface area contributed by atoms with Gasteiger partial charge in [-0.15, -0.1) is 0 Å². The first-order valence-electron chi connectivity index (χ1n) is 7.76. The molecule has 0 radical (unpaired) electrons. The Morgan fingerprint density at radius 1 is 1.04 bits per heavy atom. The molecule has 0 spiro atoms. The van der Waals surface area contributed by atoms with Gasteiger partial charge in [0.1, 0.15) is 5.69 Å². The normalized spacial score (nSPS) is 15.0. The number of piperazine rings is 1. The van der Waals surface area contributed by atoms with Gasteiger partial charge in [-0.2, -0.15) is 0 Å². The Morgan fingerprint density at radius 3 is 2.62 bits per heavy atom. The van der Waals surface area contributed by atoms with E-state index in [1.165, 1.54) is 4.90 Å². The molecule has 4 rings (SSSR count). The minimum Gasteiger partial charge on any atom is -0.465 e. The average molecular weight is 324 g/mol. The van der Waals surface area contributed by atoms with E-state index in [0.717, 1.165) is 16.6 Å². The topological polar surface area (TPSA) is 82.7 Å². The van der Waals surface area contributed by atoms with Crippen LogP contribution in [0.15, 0.2) is 47.0 Å². The van der Waals surface area contributed by atoms with Crippen molar-refractivity contribution in [3.8, 4) is 11.4 Å². The van der Waals surface area contributed by atoms with Crippen molar-refractivity contribution in [3.05, 3.63) is 42.5 Å². The summed E-state index contributed by atoms with van der Waals surface area (Å²) >= 11 is 0. The van der Waals surface area contributed by atoms with Gasteiger partial charge in [0.05, 0.1) is 11.2 Å². The second-order valence-electron chi connectivity index (χ2n) is 5.70. The lowest BCUT2D eigenvalue weighted by molar-refractivity contribution is 0.141. The summed E-state index contributed by atoms with van der Waals surface area (Å²) in [4.78, 5) is 19.0. The van der Waals surface area contributed by atoms with Crippen LogP contribution >= 0.6 is 0 Å². The highest BCUT2D eigenvalue weighted by Gasteiger charge is 2.23. The minimum atomic E-state index is -0.881. The maximum Gasteiger partial charge on any atom is 0.407 e. The molecule has 0 saturated carbocycles. The molecule has 0 bridgehead atoms. The number of hydrogen-bond acceptors (Lipinski definition) is 5. The summed E-state index contributed by atoms with van der Waals surface area (Å²) in [6.07, 6.45) is -0.881. The van der Waals surface area contributed by atoms with Gasteiger partial charge in [0.25, 0.3) is 0 Å². The summed E-state index contributed by atoms with van der Waals surface area (Å²) in [5, 5.41) is 14.2. The molecule has 1 saturated heterocycles. The summed E-state index contributed by atoms with van der Waals surface area (Å²) in [6.45, 7) is 2.09. The van der Waals surface area contributed by atoms with Gasteiger partial charge in [0, 0.05) is 37.6 Å². The van der Waals surface area contributed by atoms with Gasteiger partial charge >= 0.3 is 6.09 Å². The van der Waals surface area contributed by atoms with Crippen molar-refractivity contribution < 1.29 is 14.4 Å². The summed E-state index contributed by atoms with van der Waals surface area (Å²) in [7, 11) is 0. The standard InChI is InChI=1S/C17H16N4O3/c22-17(23)21-9-7-20(8-10-21)16-11-15(19-24-16)14-6-5-12-3-1-2-4-13(12)18-14/h1-6,11H,7-10H2,(H,22,23). The number of rotatable bonds is 2. The summed E-state index contributed by atoms with van der Waals surface area (Å²) in [5.74, 6) is 0.644. The van der Waals surface area contributed by atoms with Crippen molar-refractivity contribution in [3.63, 3.8) is 0 Å². The number of benzene rings is 1. The van der Waals surface area contributed by atoms with Gasteiger partial charge in [0.2, 0.25) is 5.88 Å². The van der Waals surface area contributed by atoms with E-state index in [4.69, 9.17) is 9.63 Å². The zero-order valence-corrected chi connectivity index (χ0v) is 12.9. The molecule has 1 fully saturated rings. The van der Waals surface area contributed by atoms with Crippen LogP contribution in [0.5, 0.6) is 0 Å². The van der Waals surface area contributed by atoms with E-state index in [1.807, 2.05) is 47.4 Å². The first-order chi connectivity index (χ1) is 11.7. The van der Waals surface area contributed by atoms with E-state index in [1.54, 1.807) is 0 Å². The third kappa shape index (κ3) is 2.64. The van der Waals surface area contributed by atoms with Crippen LogP contribution in [-0.4, -0.2) is 52.4 Å². The van der Waals surface area contributed by atoms with Crippen molar-refractivity contribution in [2.24, 2.45) is 0 Å². The molecule has 7 nitrogen and oxygen atoms in total. The van der Waals surface area contributed by atoms with Crippen LogP contribution in [0, 0.1) is 0 Å². The third-order valence-corrected chi connectivity index (χ3v) is 4.22. The number of anilines is 1. The lowest BCUT2D eigenvalue weighted by atomic mass is 10.2. The third-order valence-electron chi connectivity index (χ3n) is 4.22. The van der Waals surface area contributed by atoms with Crippen molar-refractivity contribution in [1.82, 2.24) is 15.0 Å². The average Bonchev–Trinajstić information content (AvgIpc) is 3.11. The Balaban J connectivity index is 1.55. The lowest BCUT2D eigenvalue weighted by Gasteiger charge is -2.32. The number of fused-ring (bicyclic) bond motifs is 1. The number of pyridine rings is 1. The summed E-state index contributed by atoms with van der Waals surface area (Å²) in [5.41, 5.74) is 2.35. The minimum absolute atomic E-state index is 0.458. The highest BCUT2D eigenvalue weighted by atomic mass is 16.5. The molecule has 0 unspecified atom stereocenters. The number of hydrogen-bond donors (Lipinski definition) is 1. The van der Waals surface area contributed by atoms with Crippen LogP contribution in [0.3, 0.4) is 0 Å². The smallest absolute Gasteiger partial charge is 0.407 e. The van der Waals surface area contributed by atoms with E-state index >= 15 is 0 Å². The monoisotopic (exact) mass is 324 g/mol. The number of carbonyl (C=O) groups is 1. The molecular formula is C17H16N4O3. The predicted octanol–water partition coefficient (Wildman–Crippen LogP) is 2.69. The molecule has 7 heteroatoms. The molecule has 1 aliphatic heterocycles. The fraction of sp³-hybridized carbons (Fsp3) is 0.235. The SMILES string of the molecule is O=C(O)N1CCN(c2cc(-c3ccc4ccccc4n3)no2)CC1. The highest BCUT2D eigenvalue weighted by Crippen LogP contribution is 2.25. The van der Waals surface area contributed by atoms with E-state index in [0.29, 0.717) is 37.8 Å². The van der Waals surface area contributed by atoms with Crippen LogP contribution < -0.4 is 4.90 Å². The molecule has 2 aromatic heterocycles. The Morgan fingerprint density at radius 2 is 1.83 bits per heavy atom. The Kier molecular flexibility index (Phi) is 3.53. The molecule has 24 heavy (non-hydrogen) atoms. The Bertz CT molecular complexity index is 884. The zero-order chi connectivity index (χ0) is 16.5. The van der Waals surface area contributed by atoms with E-state index in [2.05, 4.69) is 10.1 Å². The largest absolute Gasteiger partial charge is 0.465 e. The highest BCUT2D eigenvalue weighted by molar-refractivity contribution is 5.81. The van der Waals surface area contributed by atoms with Gasteiger partial charge in [-0.05, 0) is 12.1 Å². The first-order valence-corrected chi connectivity index (χ1v) is 7.76. The van der Waals surface area contributed by atoms with E-state index in [9.17, 15) is 4.79 Å². The van der Waals surface area contributed by atoms with Crippen molar-refractivity contribution in [2.75, 3.05) is 31.1 Å². The molecular weight excluding hydrogens is 308 g/mol. The molecule has 3 aromatic rings. The first kappa shape index (κ1) is 14.5. The molecule has 1 N–H and O–H groups in total. The number of nitrogens with zero attached hydrogens (tertiary/aromatic N) is 4. The number of amides is 1. The molecule has 0 aliphatic carbocycles. The van der Waals surface area contributed by atoms with Gasteiger partial charge in [-0.1, -0.05) is 29.4 Å². The molecule has 122 valence electrons. The Labute approximate surface area is 138 Å². The predicted molar refractivity (Wildman–Crippen MR) is 89.1 cm³/mol. The Hall–Kier alpha value is -3.09. The number of aromatic nitrogens is 2. The zero-order valence-electron chi connectivity index (χ0n) is 12.9. The molecule has 1 amide bonds. The van der Waals surface area contributed by atoms with E-state index < -0.39 is 6.09 Å². The summed E-state index contributed by atoms with van der Waals surface area (Å²) < 4.78 is 5.44. The van der Waals surface area contributed by atoms with Crippen LogP contribution in [0.25, 0.3) is 22.3 Å². The van der Waals surface area contributed by atoms with Gasteiger partial charge in [0.15, 0.2) is 0 Å². The van der Waals surface area contributed by atoms with Crippen molar-refractivity contribution in [1.29, 1.82) is 0 Å². The van der Waals surface area contributed by atoms with Crippen LogP contribution in [0.2, 0.25) is 0 Å². The van der Waals surface area contributed by atoms with Crippen LogP contribution in [0.4, 0.5) is 10.7 Å². The number of carboxylic acid groups (broad SMARTS) is 1. The van der Waals surface area contributed by atoms with Crippen LogP contribution in [0.1, 0.15) is 0 Å². The lowest BCUT2D eigenvalue weighted by Crippen LogP contribution is -2.48. The molecule has 3 heterocycles. The van der Waals surface area contributed by atoms with Gasteiger partial charge < -0.3 is 19.4 Å². The second kappa shape index (κ2) is 5.84. The molecule has 0 atom stereocenters. The second-order valence-corrected chi connectivity index (χ2v) is 5.70. The molecule has 1 aromatic carbocycles. The number of para-hydroxylation sites is 1. The summed E-state index contributed by atoms with van der Waals surface area (Å²) in [6, 6.07) is 13.7. The maximum atomic E-state index is 11.0. The van der Waals surface area contributed by atoms with Crippen LogP contribution in [-0.2, 0) is 0 Å². The quantitative estimate of drug-likeness (QED) is 0.780. The molecule has 1 aliphatic rings. The van der Waals surface area contributed by atoms with Crippen molar-refractivity contribution in [2.45, 2.75) is 0 Å². The van der Waals surface area contributed by atoms with Crippen molar-refractivity contribution >= 4 is 22.9 Å². The van der Waals surface area contributed by atoms with E-state index in [-0.39, 0.29) is 0 Å². The van der Waals surface area contributed by atoms with Gasteiger partial charge in [-0.25, -0.2) is 9.78 Å². The fourth-order valence-corrected chi connectivity index (χ4v) is 2.86. The fourth-order valence-electron chi connectivity index (χ4n) is 2.86. The van der Waals surface area contributed by atoms with Gasteiger partial charge in [-0.3, -0.25) is 0 Å².